The van der Waals surface area contributed by atoms with Crippen molar-refractivity contribution < 1.29 is 17.5 Å². The average molecular weight is 508 g/mol. The maximum Gasteiger partial charge on any atom is 0.244 e. The quantitative estimate of drug-likeness (QED) is 0.509. The summed E-state index contributed by atoms with van der Waals surface area (Å²) in [5.74, 6) is 0.751. The minimum Gasteiger partial charge on any atom is -0.435 e. The molecule has 2 aromatic carbocycles. The lowest BCUT2D eigenvalue weighted by Gasteiger charge is -2.33. The molecule has 0 saturated carbocycles. The normalized spacial score (nSPS) is 16.9. The van der Waals surface area contributed by atoms with Crippen molar-refractivity contribution in [1.29, 1.82) is 5.26 Å². The van der Waals surface area contributed by atoms with Gasteiger partial charge in [0.25, 0.3) is 0 Å². The van der Waals surface area contributed by atoms with Gasteiger partial charge in [-0.1, -0.05) is 31.2 Å². The predicted octanol–water partition coefficient (Wildman–Crippen LogP) is 4.26. The Kier molecular flexibility index (Phi) is 6.60. The second kappa shape index (κ2) is 9.84. The minimum atomic E-state index is -3.97. The molecule has 0 unspecified atom stereocenters. The second-order valence-corrected chi connectivity index (χ2v) is 11.1. The van der Waals surface area contributed by atoms with Gasteiger partial charge < -0.3 is 9.64 Å². The van der Waals surface area contributed by atoms with Crippen molar-refractivity contribution in [2.24, 2.45) is 5.92 Å². The maximum absolute atomic E-state index is 14.5. The molecule has 0 spiro atoms. The number of halogens is 1. The highest BCUT2D eigenvalue weighted by Crippen LogP contribution is 2.35. The number of anilines is 1. The van der Waals surface area contributed by atoms with Crippen LogP contribution in [0, 0.1) is 23.1 Å². The molecule has 2 aliphatic rings. The van der Waals surface area contributed by atoms with E-state index in [0.29, 0.717) is 29.5 Å². The van der Waals surface area contributed by atoms with Crippen LogP contribution in [0.25, 0.3) is 0 Å². The van der Waals surface area contributed by atoms with Crippen molar-refractivity contribution in [3.63, 3.8) is 0 Å². The smallest absolute Gasteiger partial charge is 0.244 e. The predicted molar refractivity (Wildman–Crippen MR) is 132 cm³/mol. The van der Waals surface area contributed by atoms with Gasteiger partial charge >= 0.3 is 0 Å². The van der Waals surface area contributed by atoms with E-state index in [-0.39, 0.29) is 35.2 Å². The van der Waals surface area contributed by atoms with Gasteiger partial charge in [-0.3, -0.25) is 0 Å². The maximum atomic E-state index is 14.5. The first-order chi connectivity index (χ1) is 17.4. The number of sulfonamides is 1. The number of rotatable bonds is 5. The van der Waals surface area contributed by atoms with Crippen LogP contribution in [0.4, 0.5) is 10.3 Å². The molecule has 186 valence electrons. The highest BCUT2D eigenvalue weighted by atomic mass is 32.2. The largest absolute Gasteiger partial charge is 0.435 e. The third kappa shape index (κ3) is 4.64. The Morgan fingerprint density at radius 1 is 1.06 bits per heavy atom. The number of ether oxygens (including phenoxy) is 1. The fourth-order valence-electron chi connectivity index (χ4n) is 4.54. The number of piperidine rings is 1. The molecule has 1 fully saturated rings. The summed E-state index contributed by atoms with van der Waals surface area (Å²) in [6.07, 6.45) is 2.39. The molecular weight excluding hydrogens is 481 g/mol. The van der Waals surface area contributed by atoms with Crippen LogP contribution in [0.2, 0.25) is 0 Å². The van der Waals surface area contributed by atoms with Gasteiger partial charge in [-0.05, 0) is 43.0 Å². The van der Waals surface area contributed by atoms with E-state index in [1.165, 1.54) is 28.6 Å². The molecule has 3 heterocycles. The SMILES string of the molecule is CC1CCN(c2nc3c(c(Oc4ccccc4F)n2)CN(S(=O)(=O)c2ccccc2C#N)CC3)CC1. The highest BCUT2D eigenvalue weighted by Gasteiger charge is 2.34. The van der Waals surface area contributed by atoms with Crippen LogP contribution in [0.15, 0.2) is 53.4 Å². The van der Waals surface area contributed by atoms with Crippen molar-refractivity contribution in [2.45, 2.75) is 37.6 Å². The molecule has 8 nitrogen and oxygen atoms in total. The first-order valence-corrected chi connectivity index (χ1v) is 13.4. The fraction of sp³-hybridized carbons (Fsp3) is 0.346. The zero-order valence-electron chi connectivity index (χ0n) is 19.9. The Labute approximate surface area is 210 Å². The van der Waals surface area contributed by atoms with E-state index in [1.54, 1.807) is 24.3 Å². The van der Waals surface area contributed by atoms with Crippen LogP contribution in [-0.2, 0) is 23.0 Å². The van der Waals surface area contributed by atoms with Crippen molar-refractivity contribution in [2.75, 3.05) is 24.5 Å². The van der Waals surface area contributed by atoms with Gasteiger partial charge in [0.05, 0.1) is 21.7 Å². The van der Waals surface area contributed by atoms with Crippen molar-refractivity contribution in [3.05, 3.63) is 71.2 Å². The van der Waals surface area contributed by atoms with Gasteiger partial charge in [0.2, 0.25) is 21.9 Å². The number of nitriles is 1. The summed E-state index contributed by atoms with van der Waals surface area (Å²) in [6, 6.07) is 14.1. The van der Waals surface area contributed by atoms with E-state index in [9.17, 15) is 18.1 Å². The standard InChI is InChI=1S/C26H26FN5O3S/c1-18-10-13-31(14-11-18)26-29-22-12-15-32(36(33,34)24-9-5-2-6-19(24)16-28)17-20(22)25(30-26)35-23-8-4-3-7-21(23)27/h2-9,18H,10-15,17H2,1H3. The highest BCUT2D eigenvalue weighted by molar-refractivity contribution is 7.89. The van der Waals surface area contributed by atoms with E-state index < -0.39 is 15.8 Å². The number of nitrogens with zero attached hydrogens (tertiary/aromatic N) is 5. The Morgan fingerprint density at radius 3 is 2.53 bits per heavy atom. The van der Waals surface area contributed by atoms with Crippen LogP contribution in [0.3, 0.4) is 0 Å². The van der Waals surface area contributed by atoms with Crippen molar-refractivity contribution >= 4 is 16.0 Å². The summed E-state index contributed by atoms with van der Waals surface area (Å²) >= 11 is 0. The summed E-state index contributed by atoms with van der Waals surface area (Å²) in [5, 5.41) is 9.43. The molecule has 0 N–H and O–H groups in total. The number of fused-ring (bicyclic) bond motifs is 1. The number of hydrogen-bond acceptors (Lipinski definition) is 7. The number of benzene rings is 2. The van der Waals surface area contributed by atoms with E-state index in [2.05, 4.69) is 16.8 Å². The van der Waals surface area contributed by atoms with E-state index in [4.69, 9.17) is 9.72 Å². The van der Waals surface area contributed by atoms with Gasteiger partial charge in [-0.15, -0.1) is 0 Å². The Balaban J connectivity index is 1.54. The van der Waals surface area contributed by atoms with Crippen LogP contribution >= 0.6 is 0 Å². The van der Waals surface area contributed by atoms with E-state index in [0.717, 1.165) is 25.9 Å². The lowest BCUT2D eigenvalue weighted by molar-refractivity contribution is 0.362. The molecule has 5 rings (SSSR count). The zero-order valence-corrected chi connectivity index (χ0v) is 20.7. The summed E-state index contributed by atoms with van der Waals surface area (Å²) in [5.41, 5.74) is 1.26. The molecule has 0 atom stereocenters. The van der Waals surface area contributed by atoms with Crippen LogP contribution in [0.1, 0.15) is 36.6 Å². The molecule has 1 aromatic heterocycles. The third-order valence-electron chi connectivity index (χ3n) is 6.71. The molecule has 3 aromatic rings. The van der Waals surface area contributed by atoms with Gasteiger partial charge in [0.1, 0.15) is 6.07 Å². The number of para-hydroxylation sites is 1. The van der Waals surface area contributed by atoms with Crippen LogP contribution in [0.5, 0.6) is 11.6 Å². The average Bonchev–Trinajstić information content (AvgIpc) is 2.90. The van der Waals surface area contributed by atoms with Gasteiger partial charge in [-0.2, -0.15) is 14.6 Å². The second-order valence-electron chi connectivity index (χ2n) is 9.15. The lowest BCUT2D eigenvalue weighted by Crippen LogP contribution is -2.38. The Bertz CT molecular complexity index is 1430. The van der Waals surface area contributed by atoms with Gasteiger partial charge in [-0.25, -0.2) is 17.8 Å². The summed E-state index contributed by atoms with van der Waals surface area (Å²) < 4.78 is 48.6. The Hall–Kier alpha value is -3.55. The van der Waals surface area contributed by atoms with Gasteiger partial charge in [0, 0.05) is 32.6 Å². The van der Waals surface area contributed by atoms with E-state index >= 15 is 0 Å². The minimum absolute atomic E-state index is 0.00595. The van der Waals surface area contributed by atoms with Crippen molar-refractivity contribution in [1.82, 2.24) is 14.3 Å². The first-order valence-electron chi connectivity index (χ1n) is 11.9. The zero-order chi connectivity index (χ0) is 25.3. The molecule has 1 saturated heterocycles. The van der Waals surface area contributed by atoms with Crippen LogP contribution in [-0.4, -0.2) is 42.3 Å². The van der Waals surface area contributed by atoms with Crippen molar-refractivity contribution in [3.8, 4) is 17.7 Å². The van der Waals surface area contributed by atoms with E-state index in [1.807, 2.05) is 6.07 Å². The number of aromatic nitrogens is 2. The molecule has 0 aliphatic carbocycles. The topological polar surface area (TPSA) is 99.4 Å². The molecule has 10 heteroatoms. The summed E-state index contributed by atoms with van der Waals surface area (Å²) in [7, 11) is -3.97. The van der Waals surface area contributed by atoms with Gasteiger partial charge in [0.15, 0.2) is 11.6 Å². The molecule has 0 radical (unpaired) electrons. The molecular formula is C26H26FN5O3S. The first kappa shape index (κ1) is 24.2. The Morgan fingerprint density at radius 2 is 1.78 bits per heavy atom. The summed E-state index contributed by atoms with van der Waals surface area (Å²) in [4.78, 5) is 11.5. The monoisotopic (exact) mass is 507 g/mol. The van der Waals surface area contributed by atoms with Crippen LogP contribution < -0.4 is 9.64 Å². The molecule has 2 aliphatic heterocycles. The molecule has 36 heavy (non-hydrogen) atoms. The fourth-order valence-corrected chi connectivity index (χ4v) is 6.09. The lowest BCUT2D eigenvalue weighted by atomic mass is 9.99. The molecule has 0 bridgehead atoms. The third-order valence-corrected chi connectivity index (χ3v) is 8.61. The summed E-state index contributed by atoms with van der Waals surface area (Å²) in [6.45, 7) is 3.99. The molecule has 0 amide bonds. The number of hydrogen-bond donors (Lipinski definition) is 0.